The van der Waals surface area contributed by atoms with E-state index in [-0.39, 0.29) is 35.5 Å². The van der Waals surface area contributed by atoms with Crippen LogP contribution < -0.4 is 0 Å². The Hall–Kier alpha value is -3.20. The van der Waals surface area contributed by atoms with Crippen molar-refractivity contribution in [1.82, 2.24) is 4.90 Å². The minimum Gasteiger partial charge on any atom is -0.278 e. The molecule has 1 heterocycles. The summed E-state index contributed by atoms with van der Waals surface area (Å²) in [5.74, 6) is -0.660. The molecule has 0 unspecified atom stereocenters. The van der Waals surface area contributed by atoms with E-state index in [1.54, 1.807) is 0 Å². The van der Waals surface area contributed by atoms with Crippen LogP contribution in [0.5, 0.6) is 0 Å². The van der Waals surface area contributed by atoms with Gasteiger partial charge in [0.25, 0.3) is 0 Å². The van der Waals surface area contributed by atoms with Crippen molar-refractivity contribution in [2.24, 2.45) is 11.8 Å². The average molecular weight is 365 g/mol. The molecule has 0 aromatic heterocycles. The fourth-order valence-electron chi connectivity index (χ4n) is 5.66. The molecule has 1 fully saturated rings. The Balaban J connectivity index is 1.50. The lowest BCUT2D eigenvalue weighted by atomic mass is 9.55. The third kappa shape index (κ3) is 1.94. The van der Waals surface area contributed by atoms with Crippen LogP contribution in [0.4, 0.5) is 0 Å². The van der Waals surface area contributed by atoms with E-state index >= 15 is 0 Å². The molecule has 3 nitrogen and oxygen atoms in total. The van der Waals surface area contributed by atoms with Crippen LogP contribution >= 0.6 is 0 Å². The van der Waals surface area contributed by atoms with Gasteiger partial charge in [-0.2, -0.15) is 0 Å². The van der Waals surface area contributed by atoms with Crippen molar-refractivity contribution in [1.29, 1.82) is 0 Å². The number of imide groups is 1. The summed E-state index contributed by atoms with van der Waals surface area (Å²) in [7, 11) is 0. The first-order chi connectivity index (χ1) is 13.8. The van der Waals surface area contributed by atoms with Crippen LogP contribution in [0.1, 0.15) is 39.7 Å². The number of likely N-dealkylation sites (tertiary alicyclic amines) is 1. The monoisotopic (exact) mass is 365 g/mol. The van der Waals surface area contributed by atoms with Gasteiger partial charge in [-0.3, -0.25) is 14.5 Å². The van der Waals surface area contributed by atoms with Gasteiger partial charge in [0.2, 0.25) is 11.8 Å². The lowest BCUT2D eigenvalue weighted by Crippen LogP contribution is -2.41. The fourth-order valence-corrected chi connectivity index (χ4v) is 5.66. The maximum atomic E-state index is 13.5. The lowest BCUT2D eigenvalue weighted by molar-refractivity contribution is -0.140. The standard InChI is InChI=1S/C25H19NO2/c27-24-22-20-16-10-4-5-11-17(16)21(19-13-7-6-12-18(19)20)23(22)25(28)26(24)14-15-8-2-1-3-9-15/h1-13,20-23H,14H2/t20?,21?,22-,23+. The van der Waals surface area contributed by atoms with Crippen LogP contribution in [0.2, 0.25) is 0 Å². The highest BCUT2D eigenvalue weighted by Gasteiger charge is 2.61. The second-order valence-corrected chi connectivity index (χ2v) is 8.01. The molecule has 0 radical (unpaired) electrons. The topological polar surface area (TPSA) is 37.4 Å². The summed E-state index contributed by atoms with van der Waals surface area (Å²) in [5, 5.41) is 0. The summed E-state index contributed by atoms with van der Waals surface area (Å²) in [6.45, 7) is 0.359. The number of hydrogen-bond acceptors (Lipinski definition) is 2. The van der Waals surface area contributed by atoms with Crippen molar-refractivity contribution in [3.8, 4) is 0 Å². The molecule has 7 rings (SSSR count). The molecule has 3 aromatic carbocycles. The van der Waals surface area contributed by atoms with Gasteiger partial charge >= 0.3 is 0 Å². The number of carbonyl (C=O) groups is 2. The first kappa shape index (κ1) is 15.8. The molecule has 3 aliphatic carbocycles. The van der Waals surface area contributed by atoms with Crippen molar-refractivity contribution in [3.63, 3.8) is 0 Å². The Kier molecular flexibility index (Phi) is 3.19. The molecule has 0 saturated carbocycles. The minimum absolute atomic E-state index is 0.0159. The zero-order chi connectivity index (χ0) is 18.8. The molecular weight excluding hydrogens is 346 g/mol. The third-order valence-corrected chi connectivity index (χ3v) is 6.72. The number of benzene rings is 3. The van der Waals surface area contributed by atoms with Gasteiger partial charge in [-0.25, -0.2) is 0 Å². The number of amides is 2. The van der Waals surface area contributed by atoms with E-state index in [0.717, 1.165) is 5.56 Å². The average Bonchev–Trinajstić information content (AvgIpc) is 3.00. The molecule has 4 aliphatic rings. The van der Waals surface area contributed by atoms with Crippen molar-refractivity contribution in [2.45, 2.75) is 18.4 Å². The molecule has 3 aromatic rings. The van der Waals surface area contributed by atoms with Crippen molar-refractivity contribution < 1.29 is 9.59 Å². The Labute approximate surface area is 163 Å². The van der Waals surface area contributed by atoms with Gasteiger partial charge < -0.3 is 0 Å². The van der Waals surface area contributed by atoms with Gasteiger partial charge in [0, 0.05) is 11.8 Å². The van der Waals surface area contributed by atoms with E-state index < -0.39 is 0 Å². The molecule has 1 saturated heterocycles. The van der Waals surface area contributed by atoms with E-state index in [9.17, 15) is 9.59 Å². The molecule has 0 spiro atoms. The Morgan fingerprint density at radius 3 is 1.39 bits per heavy atom. The molecule has 1 aliphatic heterocycles. The second-order valence-electron chi connectivity index (χ2n) is 8.01. The van der Waals surface area contributed by atoms with E-state index in [2.05, 4.69) is 24.3 Å². The molecule has 2 amide bonds. The predicted octanol–water partition coefficient (Wildman–Crippen LogP) is 4.08. The van der Waals surface area contributed by atoms with Gasteiger partial charge in [0.1, 0.15) is 0 Å². The van der Waals surface area contributed by atoms with Gasteiger partial charge in [0.15, 0.2) is 0 Å². The highest BCUT2D eigenvalue weighted by atomic mass is 16.2. The van der Waals surface area contributed by atoms with E-state index in [1.165, 1.54) is 27.2 Å². The Bertz CT molecular complexity index is 1000. The van der Waals surface area contributed by atoms with Crippen LogP contribution in [-0.4, -0.2) is 16.7 Å². The van der Waals surface area contributed by atoms with Crippen LogP contribution in [0.3, 0.4) is 0 Å². The highest BCUT2D eigenvalue weighted by molar-refractivity contribution is 6.07. The Morgan fingerprint density at radius 2 is 0.964 bits per heavy atom. The zero-order valence-electron chi connectivity index (χ0n) is 15.3. The van der Waals surface area contributed by atoms with Crippen molar-refractivity contribution in [3.05, 3.63) is 107 Å². The zero-order valence-corrected chi connectivity index (χ0v) is 15.3. The van der Waals surface area contributed by atoms with E-state index in [1.807, 2.05) is 54.6 Å². The first-order valence-corrected chi connectivity index (χ1v) is 9.82. The highest BCUT2D eigenvalue weighted by Crippen LogP contribution is 2.61. The normalized spacial score (nSPS) is 26.8. The Morgan fingerprint density at radius 1 is 0.571 bits per heavy atom. The van der Waals surface area contributed by atoms with Gasteiger partial charge in [-0.1, -0.05) is 78.9 Å². The maximum absolute atomic E-state index is 13.5. The van der Waals surface area contributed by atoms with E-state index in [4.69, 9.17) is 0 Å². The summed E-state index contributed by atoms with van der Waals surface area (Å²) in [6, 6.07) is 26.5. The lowest BCUT2D eigenvalue weighted by Gasteiger charge is -2.45. The molecule has 3 heteroatoms. The molecule has 28 heavy (non-hydrogen) atoms. The second kappa shape index (κ2) is 5.65. The predicted molar refractivity (Wildman–Crippen MR) is 106 cm³/mol. The molecule has 2 atom stereocenters. The fraction of sp³-hybridized carbons (Fsp3) is 0.200. The molecule has 0 N–H and O–H groups in total. The SMILES string of the molecule is O=C1[C@@H]2C3c4ccccc4C(c4ccccc43)[C@@H]2C(=O)N1Cc1ccccc1. The largest absolute Gasteiger partial charge is 0.278 e. The van der Waals surface area contributed by atoms with E-state index in [0.29, 0.717) is 6.54 Å². The van der Waals surface area contributed by atoms with Gasteiger partial charge in [-0.05, 0) is 27.8 Å². The summed E-state index contributed by atoms with van der Waals surface area (Å²) in [6.07, 6.45) is 0. The molecule has 136 valence electrons. The smallest absolute Gasteiger partial charge is 0.234 e. The summed E-state index contributed by atoms with van der Waals surface area (Å²) < 4.78 is 0. The van der Waals surface area contributed by atoms with Gasteiger partial charge in [0.05, 0.1) is 18.4 Å². The summed E-state index contributed by atoms with van der Waals surface area (Å²) in [5.41, 5.74) is 5.86. The number of carbonyl (C=O) groups excluding carboxylic acids is 2. The molecular formula is C25H19NO2. The number of nitrogens with zero attached hydrogens (tertiary/aromatic N) is 1. The number of rotatable bonds is 2. The first-order valence-electron chi connectivity index (χ1n) is 9.82. The van der Waals surface area contributed by atoms with Crippen LogP contribution in [0.25, 0.3) is 0 Å². The summed E-state index contributed by atoms with van der Waals surface area (Å²) in [4.78, 5) is 28.4. The third-order valence-electron chi connectivity index (χ3n) is 6.72. The van der Waals surface area contributed by atoms with Gasteiger partial charge in [-0.15, -0.1) is 0 Å². The summed E-state index contributed by atoms with van der Waals surface area (Å²) >= 11 is 0. The quantitative estimate of drug-likeness (QED) is 0.642. The van der Waals surface area contributed by atoms with Crippen molar-refractivity contribution in [2.75, 3.05) is 0 Å². The molecule has 2 bridgehead atoms. The number of hydrogen-bond donors (Lipinski definition) is 0. The maximum Gasteiger partial charge on any atom is 0.234 e. The van der Waals surface area contributed by atoms with Crippen molar-refractivity contribution >= 4 is 11.8 Å². The van der Waals surface area contributed by atoms with Crippen LogP contribution in [-0.2, 0) is 16.1 Å². The van der Waals surface area contributed by atoms with Crippen LogP contribution in [0, 0.1) is 11.8 Å². The minimum atomic E-state index is -0.286. The van der Waals surface area contributed by atoms with Crippen LogP contribution in [0.15, 0.2) is 78.9 Å².